The van der Waals surface area contributed by atoms with Crippen molar-refractivity contribution >= 4 is 5.69 Å². The van der Waals surface area contributed by atoms with E-state index in [1.54, 1.807) is 0 Å². The lowest BCUT2D eigenvalue weighted by Gasteiger charge is -2.13. The summed E-state index contributed by atoms with van der Waals surface area (Å²) in [6, 6.07) is 6.30. The van der Waals surface area contributed by atoms with Gasteiger partial charge in [-0.2, -0.15) is 5.26 Å². The average Bonchev–Trinajstić information content (AvgIpc) is 2.35. The van der Waals surface area contributed by atoms with E-state index in [4.69, 9.17) is 14.7 Å². The zero-order valence-electron chi connectivity index (χ0n) is 9.54. The Morgan fingerprint density at radius 3 is 2.59 bits per heavy atom. The number of nitrogens with zero attached hydrogens (tertiary/aromatic N) is 2. The first kappa shape index (κ1) is 13.1. The van der Waals surface area contributed by atoms with Crippen LogP contribution in [0.3, 0.4) is 0 Å². The lowest BCUT2D eigenvalue weighted by atomic mass is 10.0. The highest BCUT2D eigenvalue weighted by molar-refractivity contribution is 5.50. The fourth-order valence-electron chi connectivity index (χ4n) is 1.49. The molecular formula is C11H12N2O4. The second kappa shape index (κ2) is 5.94. The minimum absolute atomic E-state index is 0.0943. The van der Waals surface area contributed by atoms with Gasteiger partial charge in [-0.15, -0.1) is 0 Å². The number of nitriles is 1. The predicted molar refractivity (Wildman–Crippen MR) is 59.3 cm³/mol. The minimum atomic E-state index is -0.608. The van der Waals surface area contributed by atoms with Crippen LogP contribution in [0.15, 0.2) is 18.2 Å². The molecule has 6 nitrogen and oxygen atoms in total. The van der Waals surface area contributed by atoms with Crippen molar-refractivity contribution < 1.29 is 14.4 Å². The zero-order valence-corrected chi connectivity index (χ0v) is 9.54. The van der Waals surface area contributed by atoms with Crippen LogP contribution in [0.25, 0.3) is 0 Å². The standard InChI is InChI=1S/C11H12N2O4/c1-16-11(17-2)6-9-8(7-12)4-3-5-10(9)13(14)15/h3-5,11H,6H2,1-2H3. The number of nitro groups is 1. The first-order valence-corrected chi connectivity index (χ1v) is 4.86. The minimum Gasteiger partial charge on any atom is -0.356 e. The number of nitro benzene ring substituents is 1. The average molecular weight is 236 g/mol. The molecule has 0 aliphatic rings. The van der Waals surface area contributed by atoms with Crippen molar-refractivity contribution in [3.05, 3.63) is 39.4 Å². The van der Waals surface area contributed by atoms with Crippen LogP contribution in [0, 0.1) is 21.4 Å². The van der Waals surface area contributed by atoms with Crippen LogP contribution in [0.4, 0.5) is 5.69 Å². The second-order valence-electron chi connectivity index (χ2n) is 3.28. The number of hydrogen-bond acceptors (Lipinski definition) is 5. The monoisotopic (exact) mass is 236 g/mol. The van der Waals surface area contributed by atoms with Crippen LogP contribution in [-0.4, -0.2) is 25.4 Å². The normalized spacial score (nSPS) is 10.2. The lowest BCUT2D eigenvalue weighted by Crippen LogP contribution is -2.17. The Hall–Kier alpha value is -1.97. The van der Waals surface area contributed by atoms with E-state index in [1.807, 2.05) is 6.07 Å². The maximum Gasteiger partial charge on any atom is 0.274 e. The van der Waals surface area contributed by atoms with E-state index in [0.717, 1.165) is 0 Å². The summed E-state index contributed by atoms with van der Waals surface area (Å²) in [5, 5.41) is 19.8. The molecule has 17 heavy (non-hydrogen) atoms. The Morgan fingerprint density at radius 2 is 2.12 bits per heavy atom. The van der Waals surface area contributed by atoms with Gasteiger partial charge in [0.15, 0.2) is 6.29 Å². The highest BCUT2D eigenvalue weighted by Crippen LogP contribution is 2.24. The fourth-order valence-corrected chi connectivity index (χ4v) is 1.49. The van der Waals surface area contributed by atoms with Crippen LogP contribution in [0.2, 0.25) is 0 Å². The Balaban J connectivity index is 3.18. The topological polar surface area (TPSA) is 85.4 Å². The molecule has 1 rings (SSSR count). The maximum atomic E-state index is 10.9. The first-order chi connectivity index (χ1) is 8.13. The molecule has 0 heterocycles. The van der Waals surface area contributed by atoms with Crippen molar-refractivity contribution in [2.75, 3.05) is 14.2 Å². The van der Waals surface area contributed by atoms with Gasteiger partial charge in [0.05, 0.1) is 22.1 Å². The molecule has 0 radical (unpaired) electrons. The van der Waals surface area contributed by atoms with Crippen LogP contribution >= 0.6 is 0 Å². The van der Waals surface area contributed by atoms with Gasteiger partial charge in [0.1, 0.15) is 0 Å². The number of ether oxygens (including phenoxy) is 2. The summed E-state index contributed by atoms with van der Waals surface area (Å²) < 4.78 is 9.97. The molecule has 0 amide bonds. The van der Waals surface area contributed by atoms with Gasteiger partial charge in [-0.3, -0.25) is 10.1 Å². The van der Waals surface area contributed by atoms with Crippen LogP contribution in [-0.2, 0) is 15.9 Å². The third-order valence-electron chi connectivity index (χ3n) is 2.37. The molecule has 0 unspecified atom stereocenters. The Bertz CT molecular complexity index is 449. The van der Waals surface area contributed by atoms with E-state index in [-0.39, 0.29) is 17.7 Å². The van der Waals surface area contributed by atoms with Crippen molar-refractivity contribution in [2.24, 2.45) is 0 Å². The summed E-state index contributed by atoms with van der Waals surface area (Å²) in [4.78, 5) is 10.3. The van der Waals surface area contributed by atoms with Crippen molar-refractivity contribution in [1.29, 1.82) is 5.26 Å². The van der Waals surface area contributed by atoms with E-state index >= 15 is 0 Å². The molecule has 90 valence electrons. The molecule has 0 bridgehead atoms. The second-order valence-corrected chi connectivity index (χ2v) is 3.28. The summed E-state index contributed by atoms with van der Waals surface area (Å²) in [6.07, 6.45) is -0.448. The summed E-state index contributed by atoms with van der Waals surface area (Å²) in [5.41, 5.74) is 0.496. The summed E-state index contributed by atoms with van der Waals surface area (Å²) in [6.45, 7) is 0. The molecule has 0 saturated heterocycles. The van der Waals surface area contributed by atoms with E-state index in [1.165, 1.54) is 32.4 Å². The van der Waals surface area contributed by atoms with Crippen molar-refractivity contribution in [3.63, 3.8) is 0 Å². The molecular weight excluding hydrogens is 224 g/mol. The van der Waals surface area contributed by atoms with Gasteiger partial charge >= 0.3 is 0 Å². The van der Waals surface area contributed by atoms with Crippen LogP contribution in [0.5, 0.6) is 0 Å². The molecule has 1 aromatic rings. The van der Waals surface area contributed by atoms with Crippen molar-refractivity contribution in [3.8, 4) is 6.07 Å². The van der Waals surface area contributed by atoms with Gasteiger partial charge in [-0.05, 0) is 6.07 Å². The fraction of sp³-hybridized carbons (Fsp3) is 0.364. The molecule has 0 aliphatic heterocycles. The van der Waals surface area contributed by atoms with Crippen LogP contribution < -0.4 is 0 Å². The van der Waals surface area contributed by atoms with Gasteiger partial charge in [0.25, 0.3) is 5.69 Å². The molecule has 0 atom stereocenters. The third-order valence-corrected chi connectivity index (χ3v) is 2.37. The molecule has 0 N–H and O–H groups in total. The van der Waals surface area contributed by atoms with E-state index in [2.05, 4.69) is 0 Å². The van der Waals surface area contributed by atoms with Gasteiger partial charge < -0.3 is 9.47 Å². The summed E-state index contributed by atoms with van der Waals surface area (Å²) in [5.74, 6) is 0. The zero-order chi connectivity index (χ0) is 12.8. The molecule has 0 spiro atoms. The largest absolute Gasteiger partial charge is 0.356 e. The molecule has 1 aromatic carbocycles. The van der Waals surface area contributed by atoms with Gasteiger partial charge in [0.2, 0.25) is 0 Å². The quantitative estimate of drug-likeness (QED) is 0.440. The Kier molecular flexibility index (Phi) is 4.57. The Morgan fingerprint density at radius 1 is 1.47 bits per heavy atom. The maximum absolute atomic E-state index is 10.9. The molecule has 0 fully saturated rings. The number of hydrogen-bond donors (Lipinski definition) is 0. The molecule has 6 heteroatoms. The van der Waals surface area contributed by atoms with Gasteiger partial charge in [0, 0.05) is 26.7 Å². The van der Waals surface area contributed by atoms with E-state index in [0.29, 0.717) is 5.56 Å². The number of rotatable bonds is 5. The van der Waals surface area contributed by atoms with Crippen molar-refractivity contribution in [2.45, 2.75) is 12.7 Å². The molecule has 0 saturated carbocycles. The van der Waals surface area contributed by atoms with Crippen molar-refractivity contribution in [1.82, 2.24) is 0 Å². The number of benzene rings is 1. The van der Waals surface area contributed by atoms with E-state index < -0.39 is 11.2 Å². The Labute approximate surface area is 98.5 Å². The SMILES string of the molecule is COC(Cc1c(C#N)cccc1[N+](=O)[O-])OC. The van der Waals surface area contributed by atoms with Gasteiger partial charge in [-0.25, -0.2) is 0 Å². The number of methoxy groups -OCH3 is 2. The highest BCUT2D eigenvalue weighted by Gasteiger charge is 2.20. The van der Waals surface area contributed by atoms with Gasteiger partial charge in [-0.1, -0.05) is 6.07 Å². The summed E-state index contributed by atoms with van der Waals surface area (Å²) in [7, 11) is 2.88. The van der Waals surface area contributed by atoms with Crippen LogP contribution in [0.1, 0.15) is 11.1 Å². The highest BCUT2D eigenvalue weighted by atomic mass is 16.7. The van der Waals surface area contributed by atoms with E-state index in [9.17, 15) is 10.1 Å². The first-order valence-electron chi connectivity index (χ1n) is 4.86. The molecule has 0 aliphatic carbocycles. The smallest absolute Gasteiger partial charge is 0.274 e. The molecule has 0 aromatic heterocycles. The lowest BCUT2D eigenvalue weighted by molar-refractivity contribution is -0.385. The summed E-state index contributed by atoms with van der Waals surface area (Å²) >= 11 is 0. The predicted octanol–water partition coefficient (Wildman–Crippen LogP) is 1.63. The third kappa shape index (κ3) is 3.00.